The van der Waals surface area contributed by atoms with E-state index >= 15 is 0 Å². The third-order valence-corrected chi connectivity index (χ3v) is 6.46. The highest BCUT2D eigenvalue weighted by Crippen LogP contribution is 2.26. The second kappa shape index (κ2) is 7.58. The minimum absolute atomic E-state index is 0.0831. The summed E-state index contributed by atoms with van der Waals surface area (Å²) >= 11 is 3.09. The van der Waals surface area contributed by atoms with Gasteiger partial charge in [0.05, 0.1) is 26.9 Å². The van der Waals surface area contributed by atoms with Crippen molar-refractivity contribution in [3.8, 4) is 0 Å². The maximum absolute atomic E-state index is 12.3. The highest BCUT2D eigenvalue weighted by atomic mass is 32.1. The summed E-state index contributed by atoms with van der Waals surface area (Å²) in [6, 6.07) is 9.80. The Morgan fingerprint density at radius 1 is 1.30 bits per heavy atom. The lowest BCUT2D eigenvalue weighted by Gasteiger charge is -2.10. The van der Waals surface area contributed by atoms with Gasteiger partial charge in [-0.2, -0.15) is 0 Å². The summed E-state index contributed by atoms with van der Waals surface area (Å²) in [6.07, 6.45) is 1.75. The molecule has 0 aliphatic heterocycles. The molecule has 0 radical (unpaired) electrons. The lowest BCUT2D eigenvalue weighted by molar-refractivity contribution is -0.121. The van der Waals surface area contributed by atoms with Crippen LogP contribution in [0.4, 0.5) is 0 Å². The molecule has 138 valence electrons. The Morgan fingerprint density at radius 3 is 3.00 bits per heavy atom. The van der Waals surface area contributed by atoms with E-state index in [4.69, 9.17) is 0 Å². The zero-order valence-corrected chi connectivity index (χ0v) is 16.3. The topological polar surface area (TPSA) is 76.9 Å². The Morgan fingerprint density at radius 2 is 2.15 bits per heavy atom. The number of thiophene rings is 1. The van der Waals surface area contributed by atoms with Crippen molar-refractivity contribution in [2.24, 2.45) is 0 Å². The standard InChI is InChI=1S/C19H18N4O2S2/c1-12(17-22-14-4-2-3-5-15(14)27-17)10-20-16(24)6-8-23-11-21-18-13(19(23)25)7-9-26-18/h2-5,7,9,11-12H,6,8,10H2,1H3,(H,20,24). The first-order valence-electron chi connectivity index (χ1n) is 8.66. The molecule has 3 heterocycles. The second-order valence-electron chi connectivity index (χ2n) is 6.36. The molecule has 0 fully saturated rings. The average Bonchev–Trinajstić information content (AvgIpc) is 3.32. The van der Waals surface area contributed by atoms with Crippen LogP contribution in [0.5, 0.6) is 0 Å². The summed E-state index contributed by atoms with van der Waals surface area (Å²) in [4.78, 5) is 34.1. The molecule has 6 nitrogen and oxygen atoms in total. The van der Waals surface area contributed by atoms with E-state index in [1.165, 1.54) is 22.2 Å². The molecule has 1 atom stereocenters. The SMILES string of the molecule is CC(CNC(=O)CCn1cnc2sccc2c1=O)c1nc2ccccc2s1. The van der Waals surface area contributed by atoms with Crippen molar-refractivity contribution in [2.45, 2.75) is 25.8 Å². The van der Waals surface area contributed by atoms with Gasteiger partial charge < -0.3 is 5.32 Å². The van der Waals surface area contributed by atoms with Gasteiger partial charge in [0.15, 0.2) is 0 Å². The molecule has 1 aromatic carbocycles. The van der Waals surface area contributed by atoms with Gasteiger partial charge >= 0.3 is 0 Å². The van der Waals surface area contributed by atoms with Crippen LogP contribution in [0.1, 0.15) is 24.3 Å². The van der Waals surface area contributed by atoms with Crippen molar-refractivity contribution in [3.63, 3.8) is 0 Å². The van der Waals surface area contributed by atoms with Crippen LogP contribution >= 0.6 is 22.7 Å². The molecule has 4 aromatic rings. The summed E-state index contributed by atoms with van der Waals surface area (Å²) in [6.45, 7) is 2.89. The van der Waals surface area contributed by atoms with Gasteiger partial charge in [-0.3, -0.25) is 14.2 Å². The normalized spacial score (nSPS) is 12.5. The van der Waals surface area contributed by atoms with Crippen LogP contribution in [0.3, 0.4) is 0 Å². The Hall–Kier alpha value is -2.58. The minimum atomic E-state index is -0.100. The molecule has 0 spiro atoms. The van der Waals surface area contributed by atoms with E-state index in [1.54, 1.807) is 17.4 Å². The molecule has 1 unspecified atom stereocenters. The molecule has 1 N–H and O–H groups in total. The molecule has 3 aromatic heterocycles. The number of aryl methyl sites for hydroxylation is 1. The third kappa shape index (κ3) is 3.77. The number of thiazole rings is 1. The maximum Gasteiger partial charge on any atom is 0.262 e. The number of aromatic nitrogens is 3. The first-order valence-corrected chi connectivity index (χ1v) is 10.4. The van der Waals surface area contributed by atoms with E-state index in [1.807, 2.05) is 23.6 Å². The van der Waals surface area contributed by atoms with Crippen molar-refractivity contribution in [1.82, 2.24) is 19.9 Å². The molecule has 8 heteroatoms. The minimum Gasteiger partial charge on any atom is -0.355 e. The van der Waals surface area contributed by atoms with Crippen LogP contribution in [-0.4, -0.2) is 27.0 Å². The largest absolute Gasteiger partial charge is 0.355 e. The predicted octanol–water partition coefficient (Wildman–Crippen LogP) is 3.38. The van der Waals surface area contributed by atoms with Crippen LogP contribution in [0, 0.1) is 0 Å². The van der Waals surface area contributed by atoms with Crippen molar-refractivity contribution in [3.05, 3.63) is 57.4 Å². The molecule has 0 bridgehead atoms. The number of nitrogens with one attached hydrogen (secondary N) is 1. The van der Waals surface area contributed by atoms with Crippen LogP contribution in [-0.2, 0) is 11.3 Å². The van der Waals surface area contributed by atoms with Crippen molar-refractivity contribution in [2.75, 3.05) is 6.54 Å². The zero-order chi connectivity index (χ0) is 18.8. The van der Waals surface area contributed by atoms with Gasteiger partial charge in [0.1, 0.15) is 4.83 Å². The number of hydrogen-bond acceptors (Lipinski definition) is 6. The van der Waals surface area contributed by atoms with Crippen LogP contribution < -0.4 is 10.9 Å². The van der Waals surface area contributed by atoms with E-state index in [0.29, 0.717) is 18.5 Å². The first kappa shape index (κ1) is 17.8. The van der Waals surface area contributed by atoms with Crippen LogP contribution in [0.25, 0.3) is 20.4 Å². The van der Waals surface area contributed by atoms with Gasteiger partial charge in [0.2, 0.25) is 5.91 Å². The Labute approximate surface area is 163 Å². The maximum atomic E-state index is 12.3. The van der Waals surface area contributed by atoms with Crippen LogP contribution in [0.15, 0.2) is 46.8 Å². The van der Waals surface area contributed by atoms with E-state index in [2.05, 4.69) is 28.3 Å². The number of hydrogen-bond donors (Lipinski definition) is 1. The quantitative estimate of drug-likeness (QED) is 0.540. The van der Waals surface area contributed by atoms with Gasteiger partial charge in [0.25, 0.3) is 5.56 Å². The number of para-hydroxylation sites is 1. The van der Waals surface area contributed by atoms with Gasteiger partial charge in [-0.1, -0.05) is 19.1 Å². The Kier molecular flexibility index (Phi) is 5.00. The van der Waals surface area contributed by atoms with Gasteiger partial charge in [-0.25, -0.2) is 9.97 Å². The fourth-order valence-corrected chi connectivity index (χ4v) is 4.56. The highest BCUT2D eigenvalue weighted by Gasteiger charge is 2.13. The smallest absolute Gasteiger partial charge is 0.262 e. The summed E-state index contributed by atoms with van der Waals surface area (Å²) in [5, 5.41) is 6.41. The molecular formula is C19H18N4O2S2. The molecule has 0 saturated carbocycles. The first-order chi connectivity index (χ1) is 13.1. The fourth-order valence-electron chi connectivity index (χ4n) is 2.82. The van der Waals surface area contributed by atoms with E-state index in [-0.39, 0.29) is 23.8 Å². The summed E-state index contributed by atoms with van der Waals surface area (Å²) < 4.78 is 2.65. The number of nitrogens with zero attached hydrogens (tertiary/aromatic N) is 3. The summed E-state index contributed by atoms with van der Waals surface area (Å²) in [5.41, 5.74) is 0.892. The zero-order valence-electron chi connectivity index (χ0n) is 14.7. The monoisotopic (exact) mass is 398 g/mol. The van der Waals surface area contributed by atoms with E-state index < -0.39 is 0 Å². The third-order valence-electron chi connectivity index (χ3n) is 4.37. The second-order valence-corrected chi connectivity index (χ2v) is 8.31. The Balaban J connectivity index is 1.33. The Bertz CT molecular complexity index is 1130. The van der Waals surface area contributed by atoms with Gasteiger partial charge in [-0.05, 0) is 23.6 Å². The van der Waals surface area contributed by atoms with Crippen molar-refractivity contribution in [1.29, 1.82) is 0 Å². The van der Waals surface area contributed by atoms with Crippen molar-refractivity contribution < 1.29 is 4.79 Å². The fraction of sp³-hybridized carbons (Fsp3) is 0.263. The lowest BCUT2D eigenvalue weighted by atomic mass is 10.2. The molecule has 27 heavy (non-hydrogen) atoms. The summed E-state index contributed by atoms with van der Waals surface area (Å²) in [7, 11) is 0. The molecule has 0 aliphatic rings. The number of fused-ring (bicyclic) bond motifs is 2. The molecule has 0 aliphatic carbocycles. The molecular weight excluding hydrogens is 380 g/mol. The molecule has 1 amide bonds. The van der Waals surface area contributed by atoms with Gasteiger partial charge in [-0.15, -0.1) is 22.7 Å². The number of carbonyl (C=O) groups excluding carboxylic acids is 1. The van der Waals surface area contributed by atoms with E-state index in [0.717, 1.165) is 20.1 Å². The number of amides is 1. The van der Waals surface area contributed by atoms with E-state index in [9.17, 15) is 9.59 Å². The predicted molar refractivity (Wildman–Crippen MR) is 110 cm³/mol. The lowest BCUT2D eigenvalue weighted by Crippen LogP contribution is -2.30. The number of rotatable bonds is 6. The van der Waals surface area contributed by atoms with Crippen LogP contribution in [0.2, 0.25) is 0 Å². The van der Waals surface area contributed by atoms with Gasteiger partial charge in [0, 0.05) is 25.4 Å². The highest BCUT2D eigenvalue weighted by molar-refractivity contribution is 7.18. The molecule has 0 saturated heterocycles. The summed E-state index contributed by atoms with van der Waals surface area (Å²) in [5.74, 6) is 0.0539. The molecule has 4 rings (SSSR count). The van der Waals surface area contributed by atoms with Crippen molar-refractivity contribution >= 4 is 49.0 Å². The number of carbonyl (C=O) groups is 1. The average molecular weight is 399 g/mol. The number of benzene rings is 1.